The fraction of sp³-hybridized carbons (Fsp3) is 0.778. The summed E-state index contributed by atoms with van der Waals surface area (Å²) < 4.78 is 0. The van der Waals surface area contributed by atoms with Crippen molar-refractivity contribution < 1.29 is 24.9 Å². The van der Waals surface area contributed by atoms with Crippen molar-refractivity contribution in [2.24, 2.45) is 5.73 Å². The van der Waals surface area contributed by atoms with E-state index in [9.17, 15) is 9.59 Å². The van der Waals surface area contributed by atoms with Crippen molar-refractivity contribution in [1.29, 1.82) is 0 Å². The van der Waals surface area contributed by atoms with Crippen molar-refractivity contribution in [3.63, 3.8) is 0 Å². The summed E-state index contributed by atoms with van der Waals surface area (Å²) >= 11 is 0. The molecule has 1 unspecified atom stereocenters. The summed E-state index contributed by atoms with van der Waals surface area (Å²) in [7, 11) is 1.00. The second-order valence-corrected chi connectivity index (χ2v) is 2.95. The lowest BCUT2D eigenvalue weighted by Crippen LogP contribution is -2.30. The Morgan fingerprint density at radius 1 is 1.31 bits per heavy atom. The van der Waals surface area contributed by atoms with Gasteiger partial charge in [-0.15, -0.1) is 0 Å². The van der Waals surface area contributed by atoms with Gasteiger partial charge in [0.25, 0.3) is 0 Å². The topological polar surface area (TPSA) is 133 Å². The van der Waals surface area contributed by atoms with Crippen LogP contribution in [0.5, 0.6) is 0 Å². The molecule has 1 amide bonds. The normalized spacial score (nSPS) is 11.0. The van der Waals surface area contributed by atoms with Crippen molar-refractivity contribution in [3.05, 3.63) is 0 Å². The molecule has 0 aromatic heterocycles. The number of amides is 1. The third-order valence-electron chi connectivity index (χ3n) is 1.72. The Labute approximate surface area is 94.3 Å². The Hall–Kier alpha value is -1.18. The molecule has 0 aromatic carbocycles. The summed E-state index contributed by atoms with van der Waals surface area (Å²) in [4.78, 5) is 20.8. The number of carboxylic acids is 1. The smallest absolute Gasteiger partial charge is 0.320 e. The van der Waals surface area contributed by atoms with Crippen molar-refractivity contribution in [1.82, 2.24) is 5.32 Å². The van der Waals surface area contributed by atoms with Gasteiger partial charge in [0.2, 0.25) is 5.91 Å². The molecule has 16 heavy (non-hydrogen) atoms. The van der Waals surface area contributed by atoms with Crippen LogP contribution in [0.1, 0.15) is 19.3 Å². The van der Waals surface area contributed by atoms with Crippen molar-refractivity contribution in [3.8, 4) is 0 Å². The van der Waals surface area contributed by atoms with E-state index in [0.29, 0.717) is 25.8 Å². The molecular formula is C9H20N2O5. The summed E-state index contributed by atoms with van der Waals surface area (Å²) in [6, 6.07) is -0.830. The van der Waals surface area contributed by atoms with E-state index in [4.69, 9.17) is 21.1 Å². The minimum atomic E-state index is -1.01. The maximum absolute atomic E-state index is 10.5. The Kier molecular flexibility index (Phi) is 12.8. The number of carbonyl (C=O) groups is 2. The van der Waals surface area contributed by atoms with Crippen LogP contribution < -0.4 is 11.1 Å². The van der Waals surface area contributed by atoms with Gasteiger partial charge in [0.15, 0.2) is 0 Å². The Morgan fingerprint density at radius 3 is 2.31 bits per heavy atom. The minimum absolute atomic E-state index is 0.393. The zero-order valence-corrected chi connectivity index (χ0v) is 9.35. The highest BCUT2D eigenvalue weighted by Crippen LogP contribution is 1.97. The number of carbonyl (C=O) groups excluding carboxylic acids is 1. The molecule has 0 aliphatic rings. The predicted molar refractivity (Wildman–Crippen MR) is 57.7 cm³/mol. The zero-order chi connectivity index (χ0) is 13.0. The fourth-order valence-electron chi connectivity index (χ4n) is 0.896. The van der Waals surface area contributed by atoms with Crippen LogP contribution in [0.3, 0.4) is 0 Å². The van der Waals surface area contributed by atoms with Gasteiger partial charge in [0.1, 0.15) is 12.6 Å². The van der Waals surface area contributed by atoms with Gasteiger partial charge in [0, 0.05) is 13.7 Å². The minimum Gasteiger partial charge on any atom is -0.480 e. The fourth-order valence-corrected chi connectivity index (χ4v) is 0.896. The predicted octanol–water partition coefficient (Wildman–Crippen LogP) is -1.71. The van der Waals surface area contributed by atoms with E-state index in [2.05, 4.69) is 5.32 Å². The molecule has 0 aliphatic heterocycles. The Balaban J connectivity index is 0. The molecule has 0 heterocycles. The van der Waals surface area contributed by atoms with Crippen LogP contribution in [0.15, 0.2) is 0 Å². The van der Waals surface area contributed by atoms with Crippen molar-refractivity contribution >= 4 is 11.9 Å². The third kappa shape index (κ3) is 10.9. The summed E-state index contributed by atoms with van der Waals surface area (Å²) in [6.45, 7) is -0.0830. The van der Waals surface area contributed by atoms with Gasteiger partial charge in [-0.3, -0.25) is 9.59 Å². The first kappa shape index (κ1) is 17.2. The van der Waals surface area contributed by atoms with Gasteiger partial charge < -0.3 is 26.4 Å². The summed E-state index contributed by atoms with van der Waals surface area (Å²) in [5, 5.41) is 26.2. The lowest BCUT2D eigenvalue weighted by Gasteiger charge is -2.06. The first-order valence-corrected chi connectivity index (χ1v) is 4.88. The van der Waals surface area contributed by atoms with E-state index in [0.717, 1.165) is 7.11 Å². The zero-order valence-electron chi connectivity index (χ0n) is 9.35. The number of nitrogens with one attached hydrogen (secondary N) is 1. The number of nitrogens with two attached hydrogens (primary N) is 1. The molecular weight excluding hydrogens is 216 g/mol. The monoisotopic (exact) mass is 236 g/mol. The van der Waals surface area contributed by atoms with Gasteiger partial charge >= 0.3 is 5.97 Å². The molecule has 0 bridgehead atoms. The largest absolute Gasteiger partial charge is 0.480 e. The van der Waals surface area contributed by atoms with Crippen LogP contribution >= 0.6 is 0 Å². The molecule has 1 atom stereocenters. The van der Waals surface area contributed by atoms with Crippen LogP contribution in [0.2, 0.25) is 0 Å². The number of aliphatic hydroxyl groups is 2. The molecule has 0 aromatic rings. The maximum Gasteiger partial charge on any atom is 0.320 e. The number of aliphatic carboxylic acids is 1. The number of carboxylic acid groups (broad SMARTS) is 1. The molecule has 0 spiro atoms. The number of aliphatic hydroxyl groups excluding tert-OH is 2. The number of hydrogen-bond acceptors (Lipinski definition) is 5. The first-order chi connectivity index (χ1) is 7.57. The van der Waals surface area contributed by atoms with E-state index in [1.807, 2.05) is 0 Å². The summed E-state index contributed by atoms with van der Waals surface area (Å²) in [5.41, 5.74) is 5.26. The van der Waals surface area contributed by atoms with Crippen LogP contribution in [0.4, 0.5) is 0 Å². The van der Waals surface area contributed by atoms with E-state index < -0.39 is 24.5 Å². The Bertz CT molecular complexity index is 198. The average Bonchev–Trinajstić information content (AvgIpc) is 2.30. The van der Waals surface area contributed by atoms with Crippen LogP contribution in [-0.2, 0) is 9.59 Å². The summed E-state index contributed by atoms with van der Waals surface area (Å²) in [5.74, 6) is -1.43. The molecule has 0 rings (SSSR count). The van der Waals surface area contributed by atoms with Crippen molar-refractivity contribution in [2.75, 3.05) is 20.3 Å². The quantitative estimate of drug-likeness (QED) is 0.334. The highest BCUT2D eigenvalue weighted by molar-refractivity contribution is 5.76. The van der Waals surface area contributed by atoms with E-state index in [-0.39, 0.29) is 0 Å². The average molecular weight is 236 g/mol. The molecule has 0 aliphatic carbocycles. The second-order valence-electron chi connectivity index (χ2n) is 2.95. The first-order valence-electron chi connectivity index (χ1n) is 4.88. The Morgan fingerprint density at radius 2 is 1.88 bits per heavy atom. The molecule has 7 nitrogen and oxygen atoms in total. The standard InChI is InChI=1S/C8H16N2O4.CH4O/c9-6(8(13)14)3-1-2-4-10-7(12)5-11;1-2/h6,11H,1-5,9H2,(H,10,12)(H,13,14);2H,1H3. The lowest BCUT2D eigenvalue weighted by atomic mass is 10.1. The summed E-state index contributed by atoms with van der Waals surface area (Å²) in [6.07, 6.45) is 1.69. The van der Waals surface area contributed by atoms with Gasteiger partial charge in [-0.1, -0.05) is 0 Å². The lowest BCUT2D eigenvalue weighted by molar-refractivity contribution is -0.138. The molecule has 0 saturated heterocycles. The molecule has 96 valence electrons. The molecule has 0 saturated carbocycles. The van der Waals surface area contributed by atoms with E-state index in [1.54, 1.807) is 0 Å². The van der Waals surface area contributed by atoms with E-state index in [1.165, 1.54) is 0 Å². The highest BCUT2D eigenvalue weighted by Gasteiger charge is 2.09. The van der Waals surface area contributed by atoms with Gasteiger partial charge in [-0.2, -0.15) is 0 Å². The van der Waals surface area contributed by atoms with Gasteiger partial charge in [-0.05, 0) is 19.3 Å². The van der Waals surface area contributed by atoms with E-state index >= 15 is 0 Å². The van der Waals surface area contributed by atoms with Crippen LogP contribution in [0, 0.1) is 0 Å². The molecule has 6 N–H and O–H groups in total. The van der Waals surface area contributed by atoms with Gasteiger partial charge in [0.05, 0.1) is 0 Å². The maximum atomic E-state index is 10.5. The number of unbranched alkanes of at least 4 members (excludes halogenated alkanes) is 1. The highest BCUT2D eigenvalue weighted by atomic mass is 16.4. The van der Waals surface area contributed by atoms with Crippen LogP contribution in [0.25, 0.3) is 0 Å². The number of rotatable bonds is 7. The third-order valence-corrected chi connectivity index (χ3v) is 1.72. The van der Waals surface area contributed by atoms with Gasteiger partial charge in [-0.25, -0.2) is 0 Å². The molecule has 0 radical (unpaired) electrons. The molecule has 7 heteroatoms. The van der Waals surface area contributed by atoms with Crippen LogP contribution in [-0.4, -0.2) is 53.5 Å². The van der Waals surface area contributed by atoms with Crippen molar-refractivity contribution in [2.45, 2.75) is 25.3 Å². The second kappa shape index (κ2) is 11.9. The molecule has 0 fully saturated rings. The SMILES string of the molecule is CO.NC(CCCCNC(=O)CO)C(=O)O. The number of hydrogen-bond donors (Lipinski definition) is 5.